The summed E-state index contributed by atoms with van der Waals surface area (Å²) in [6, 6.07) is 4.53. The van der Waals surface area contributed by atoms with E-state index in [1.165, 1.54) is 6.07 Å². The number of benzene rings is 1. The van der Waals surface area contributed by atoms with E-state index in [2.05, 4.69) is 0 Å². The second-order valence-corrected chi connectivity index (χ2v) is 5.89. The summed E-state index contributed by atoms with van der Waals surface area (Å²) in [5, 5.41) is 0. The number of ether oxygens (including phenoxy) is 1. The van der Waals surface area contributed by atoms with Crippen LogP contribution in [0.4, 0.5) is 13.2 Å². The minimum atomic E-state index is -4.36. The van der Waals surface area contributed by atoms with Crippen molar-refractivity contribution in [1.82, 2.24) is 0 Å². The van der Waals surface area contributed by atoms with E-state index in [1.54, 1.807) is 6.07 Å². The summed E-state index contributed by atoms with van der Waals surface area (Å²) >= 11 is 0. The topological polar surface area (TPSA) is 35.2 Å². The van der Waals surface area contributed by atoms with Crippen molar-refractivity contribution in [3.8, 4) is 0 Å². The van der Waals surface area contributed by atoms with Crippen LogP contribution in [0.5, 0.6) is 0 Å². The minimum absolute atomic E-state index is 0.260. The maximum Gasteiger partial charge on any atom is 0.416 e. The van der Waals surface area contributed by atoms with Gasteiger partial charge < -0.3 is 10.5 Å². The van der Waals surface area contributed by atoms with Crippen LogP contribution in [-0.2, 0) is 10.9 Å². The third kappa shape index (κ3) is 4.21. The molecular weight excluding hydrogens is 267 g/mol. The largest absolute Gasteiger partial charge is 0.416 e. The average molecular weight is 289 g/mol. The third-order valence-corrected chi connectivity index (χ3v) is 3.12. The third-order valence-electron chi connectivity index (χ3n) is 3.12. The Balaban J connectivity index is 3.09. The lowest BCUT2D eigenvalue weighted by Crippen LogP contribution is -2.39. The van der Waals surface area contributed by atoms with Crippen molar-refractivity contribution < 1.29 is 17.9 Å². The maximum atomic E-state index is 12.7. The molecule has 0 heterocycles. The summed E-state index contributed by atoms with van der Waals surface area (Å²) < 4.78 is 43.9. The molecule has 1 aromatic carbocycles. The molecule has 114 valence electrons. The van der Waals surface area contributed by atoms with E-state index in [0.29, 0.717) is 12.2 Å². The Bertz CT molecular complexity index is 437. The first-order valence-corrected chi connectivity index (χ1v) is 6.61. The smallest absolute Gasteiger partial charge is 0.376 e. The first-order chi connectivity index (χ1) is 9.07. The van der Waals surface area contributed by atoms with Gasteiger partial charge in [0.2, 0.25) is 0 Å². The van der Waals surface area contributed by atoms with Gasteiger partial charge >= 0.3 is 6.18 Å². The molecule has 0 aliphatic carbocycles. The van der Waals surface area contributed by atoms with Crippen LogP contribution < -0.4 is 5.73 Å². The molecule has 0 fully saturated rings. The molecule has 2 N–H and O–H groups in total. The molecule has 1 rings (SSSR count). The summed E-state index contributed by atoms with van der Waals surface area (Å²) in [4.78, 5) is 0. The lowest BCUT2D eigenvalue weighted by atomic mass is 9.82. The van der Waals surface area contributed by atoms with Gasteiger partial charge in [-0.1, -0.05) is 32.9 Å². The number of rotatable bonds is 4. The van der Waals surface area contributed by atoms with Crippen LogP contribution in [0.2, 0.25) is 0 Å². The Hall–Kier alpha value is -1.07. The molecule has 0 spiro atoms. The molecule has 2 atom stereocenters. The Morgan fingerprint density at radius 3 is 2.25 bits per heavy atom. The van der Waals surface area contributed by atoms with Crippen LogP contribution >= 0.6 is 0 Å². The zero-order valence-corrected chi connectivity index (χ0v) is 12.3. The van der Waals surface area contributed by atoms with Crippen LogP contribution in [0.15, 0.2) is 24.3 Å². The van der Waals surface area contributed by atoms with Crippen LogP contribution in [0.25, 0.3) is 0 Å². The molecular formula is C15H22F3NO. The quantitative estimate of drug-likeness (QED) is 0.903. The van der Waals surface area contributed by atoms with E-state index < -0.39 is 17.8 Å². The predicted octanol–water partition coefficient (Wildman–Crippen LogP) is 4.16. The summed E-state index contributed by atoms with van der Waals surface area (Å²) in [6.07, 6.45) is -4.71. The fraction of sp³-hybridized carbons (Fsp3) is 0.600. The van der Waals surface area contributed by atoms with E-state index in [1.807, 2.05) is 27.7 Å². The van der Waals surface area contributed by atoms with Gasteiger partial charge in [0, 0.05) is 6.61 Å². The van der Waals surface area contributed by atoms with Gasteiger partial charge in [0.05, 0.1) is 17.7 Å². The number of alkyl halides is 3. The van der Waals surface area contributed by atoms with Crippen molar-refractivity contribution in [2.24, 2.45) is 11.1 Å². The Labute approximate surface area is 118 Å². The molecule has 2 nitrogen and oxygen atoms in total. The average Bonchev–Trinajstić information content (AvgIpc) is 2.33. The summed E-state index contributed by atoms with van der Waals surface area (Å²) in [7, 11) is 0. The van der Waals surface area contributed by atoms with Gasteiger partial charge in [0.1, 0.15) is 0 Å². The molecule has 0 bridgehead atoms. The lowest BCUT2D eigenvalue weighted by Gasteiger charge is -2.35. The van der Waals surface area contributed by atoms with Crippen molar-refractivity contribution in [3.63, 3.8) is 0 Å². The molecule has 0 radical (unpaired) electrons. The van der Waals surface area contributed by atoms with E-state index in [9.17, 15) is 13.2 Å². The minimum Gasteiger partial charge on any atom is -0.376 e. The molecule has 0 amide bonds. The van der Waals surface area contributed by atoms with Gasteiger partial charge in [0.25, 0.3) is 0 Å². The standard InChI is InChI=1S/C15H22F3NO/c1-5-20-13(14(2,3)4)12(19)10-7-6-8-11(9-10)15(16,17)18/h6-9,12-13H,5,19H2,1-4H3. The van der Waals surface area contributed by atoms with E-state index >= 15 is 0 Å². The van der Waals surface area contributed by atoms with Gasteiger partial charge in [0.15, 0.2) is 0 Å². The fourth-order valence-corrected chi connectivity index (χ4v) is 2.17. The highest BCUT2D eigenvalue weighted by atomic mass is 19.4. The molecule has 5 heteroatoms. The molecule has 20 heavy (non-hydrogen) atoms. The normalized spacial score (nSPS) is 16.0. The van der Waals surface area contributed by atoms with Gasteiger partial charge in [-0.3, -0.25) is 0 Å². The van der Waals surface area contributed by atoms with Crippen molar-refractivity contribution >= 4 is 0 Å². The molecule has 0 saturated heterocycles. The predicted molar refractivity (Wildman–Crippen MR) is 73.2 cm³/mol. The Morgan fingerprint density at radius 1 is 1.20 bits per heavy atom. The second-order valence-electron chi connectivity index (χ2n) is 5.89. The van der Waals surface area contributed by atoms with Gasteiger partial charge in [-0.05, 0) is 30.0 Å². The van der Waals surface area contributed by atoms with Crippen molar-refractivity contribution in [1.29, 1.82) is 0 Å². The molecule has 0 saturated carbocycles. The zero-order valence-electron chi connectivity index (χ0n) is 12.3. The summed E-state index contributed by atoms with van der Waals surface area (Å²) in [6.45, 7) is 8.19. The van der Waals surface area contributed by atoms with Crippen molar-refractivity contribution in [3.05, 3.63) is 35.4 Å². The number of halogens is 3. The number of nitrogens with two attached hydrogens (primary N) is 1. The fourth-order valence-electron chi connectivity index (χ4n) is 2.17. The van der Waals surface area contributed by atoms with Crippen molar-refractivity contribution in [2.75, 3.05) is 6.61 Å². The Morgan fingerprint density at radius 2 is 1.80 bits per heavy atom. The SMILES string of the molecule is CCOC(C(N)c1cccc(C(F)(F)F)c1)C(C)(C)C. The van der Waals surface area contributed by atoms with Crippen LogP contribution in [0.1, 0.15) is 44.9 Å². The summed E-state index contributed by atoms with van der Waals surface area (Å²) in [5.41, 5.74) is 5.62. The molecule has 0 aromatic heterocycles. The number of hydrogen-bond donors (Lipinski definition) is 1. The van der Waals surface area contributed by atoms with Gasteiger partial charge in [-0.25, -0.2) is 0 Å². The Kier molecular flexibility index (Phi) is 5.21. The highest BCUT2D eigenvalue weighted by molar-refractivity contribution is 5.28. The summed E-state index contributed by atoms with van der Waals surface area (Å²) in [5.74, 6) is 0. The highest BCUT2D eigenvalue weighted by Crippen LogP contribution is 2.34. The highest BCUT2D eigenvalue weighted by Gasteiger charge is 2.34. The van der Waals surface area contributed by atoms with Crippen LogP contribution in [0.3, 0.4) is 0 Å². The van der Waals surface area contributed by atoms with Crippen molar-refractivity contribution in [2.45, 2.75) is 46.0 Å². The molecule has 2 unspecified atom stereocenters. The molecule has 0 aliphatic heterocycles. The molecule has 0 aliphatic rings. The maximum absolute atomic E-state index is 12.7. The van der Waals surface area contributed by atoms with Gasteiger partial charge in [-0.15, -0.1) is 0 Å². The van der Waals surface area contributed by atoms with Crippen LogP contribution in [0, 0.1) is 5.41 Å². The first kappa shape index (κ1) is 17.0. The monoisotopic (exact) mass is 289 g/mol. The van der Waals surface area contributed by atoms with E-state index in [0.717, 1.165) is 12.1 Å². The van der Waals surface area contributed by atoms with Gasteiger partial charge in [-0.2, -0.15) is 13.2 Å². The van der Waals surface area contributed by atoms with E-state index in [-0.39, 0.29) is 11.5 Å². The lowest BCUT2D eigenvalue weighted by molar-refractivity contribution is -0.137. The second kappa shape index (κ2) is 6.14. The van der Waals surface area contributed by atoms with E-state index in [4.69, 9.17) is 10.5 Å². The first-order valence-electron chi connectivity index (χ1n) is 6.61. The number of hydrogen-bond acceptors (Lipinski definition) is 2. The molecule has 1 aromatic rings. The zero-order chi connectivity index (χ0) is 15.6. The van der Waals surface area contributed by atoms with Crippen LogP contribution in [-0.4, -0.2) is 12.7 Å².